The molecule has 1 atom stereocenters. The molecule has 126 valence electrons. The zero-order valence-electron chi connectivity index (χ0n) is 12.3. The Kier molecular flexibility index (Phi) is 5.53. The number of anilines is 1. The molecule has 1 aromatic rings. The molecule has 1 aliphatic rings. The maximum absolute atomic E-state index is 13.0. The first-order chi connectivity index (χ1) is 10.8. The number of hydrogen-bond acceptors (Lipinski definition) is 3. The fourth-order valence-electron chi connectivity index (χ4n) is 2.52. The Labute approximate surface area is 145 Å². The molecule has 1 amide bonds. The maximum atomic E-state index is 13.0. The second-order valence-corrected chi connectivity index (χ2v) is 5.85. The summed E-state index contributed by atoms with van der Waals surface area (Å²) in [5.74, 6) is -0.964. The highest BCUT2D eigenvalue weighted by atomic mass is 127. The van der Waals surface area contributed by atoms with E-state index < -0.39 is 23.8 Å². The third kappa shape index (κ3) is 3.96. The number of alkyl halides is 4. The van der Waals surface area contributed by atoms with Gasteiger partial charge in [-0.05, 0) is 37.1 Å². The number of carbonyl (C=O) groups is 2. The predicted octanol–water partition coefficient (Wildman–Crippen LogP) is 3.70. The number of rotatable bonds is 4. The molecule has 4 nitrogen and oxygen atoms in total. The largest absolute Gasteiger partial charge is 0.464 e. The van der Waals surface area contributed by atoms with E-state index in [-0.39, 0.29) is 31.0 Å². The Hall–Kier alpha value is -1.32. The summed E-state index contributed by atoms with van der Waals surface area (Å²) >= 11 is 1.95. The van der Waals surface area contributed by atoms with Crippen LogP contribution in [-0.2, 0) is 24.9 Å². The van der Waals surface area contributed by atoms with Gasteiger partial charge < -0.3 is 4.74 Å². The van der Waals surface area contributed by atoms with Crippen molar-refractivity contribution in [3.63, 3.8) is 0 Å². The molecule has 1 saturated heterocycles. The van der Waals surface area contributed by atoms with Gasteiger partial charge in [-0.1, -0.05) is 22.6 Å². The summed E-state index contributed by atoms with van der Waals surface area (Å²) < 4.78 is 44.4. The van der Waals surface area contributed by atoms with Crippen LogP contribution in [0.25, 0.3) is 0 Å². The number of carbonyl (C=O) groups excluding carboxylic acids is 2. The summed E-state index contributed by atoms with van der Waals surface area (Å²) in [5.41, 5.74) is -0.297. The van der Waals surface area contributed by atoms with Crippen molar-refractivity contribution in [2.75, 3.05) is 11.5 Å². The maximum Gasteiger partial charge on any atom is 0.416 e. The van der Waals surface area contributed by atoms with E-state index in [9.17, 15) is 22.8 Å². The standard InChI is InChI=1S/C15H15F3INO3/c1-2-23-14(22)12-3-4-13(21)20(12)11-6-9(8-19)5-10(7-11)15(16,17)18/h5-7,12H,2-4,8H2,1H3/t12-/m1/s1. The molecule has 0 aliphatic carbocycles. The van der Waals surface area contributed by atoms with E-state index in [1.54, 1.807) is 6.92 Å². The minimum absolute atomic E-state index is 0.0899. The summed E-state index contributed by atoms with van der Waals surface area (Å²) in [4.78, 5) is 25.2. The number of amides is 1. The molecule has 0 radical (unpaired) electrons. The Morgan fingerprint density at radius 3 is 2.65 bits per heavy atom. The molecule has 0 spiro atoms. The van der Waals surface area contributed by atoms with Crippen molar-refractivity contribution in [3.8, 4) is 0 Å². The highest BCUT2D eigenvalue weighted by molar-refractivity contribution is 14.1. The number of hydrogen-bond donors (Lipinski definition) is 0. The summed E-state index contributed by atoms with van der Waals surface area (Å²) in [7, 11) is 0. The monoisotopic (exact) mass is 441 g/mol. The van der Waals surface area contributed by atoms with E-state index in [4.69, 9.17) is 4.74 Å². The van der Waals surface area contributed by atoms with Gasteiger partial charge in [0.05, 0.1) is 12.2 Å². The number of esters is 1. The van der Waals surface area contributed by atoms with Crippen molar-refractivity contribution < 1.29 is 27.5 Å². The van der Waals surface area contributed by atoms with Crippen LogP contribution in [0.15, 0.2) is 18.2 Å². The lowest BCUT2D eigenvalue weighted by Crippen LogP contribution is -2.40. The van der Waals surface area contributed by atoms with Crippen molar-refractivity contribution in [1.82, 2.24) is 0 Å². The number of ether oxygens (including phenoxy) is 1. The van der Waals surface area contributed by atoms with E-state index in [1.165, 1.54) is 6.07 Å². The molecule has 8 heteroatoms. The van der Waals surface area contributed by atoms with Gasteiger partial charge in [-0.3, -0.25) is 9.69 Å². The molecule has 1 aromatic carbocycles. The zero-order valence-corrected chi connectivity index (χ0v) is 14.5. The fraction of sp³-hybridized carbons (Fsp3) is 0.467. The number of benzene rings is 1. The topological polar surface area (TPSA) is 46.6 Å². The van der Waals surface area contributed by atoms with Crippen LogP contribution in [0.4, 0.5) is 18.9 Å². The van der Waals surface area contributed by atoms with Crippen LogP contribution in [-0.4, -0.2) is 24.5 Å². The first-order valence-electron chi connectivity index (χ1n) is 7.03. The average Bonchev–Trinajstić information content (AvgIpc) is 2.88. The Morgan fingerprint density at radius 1 is 1.39 bits per heavy atom. The quantitative estimate of drug-likeness (QED) is 0.407. The summed E-state index contributed by atoms with van der Waals surface area (Å²) in [6, 6.07) is 2.60. The molecule has 2 rings (SSSR count). The molecule has 0 aromatic heterocycles. The molecule has 0 unspecified atom stereocenters. The summed E-state index contributed by atoms with van der Waals surface area (Å²) in [6.07, 6.45) is -4.16. The van der Waals surface area contributed by atoms with Gasteiger partial charge in [-0.15, -0.1) is 0 Å². The molecule has 0 saturated carbocycles. The fourth-order valence-corrected chi connectivity index (χ4v) is 2.96. The molecular formula is C15H15F3INO3. The van der Waals surface area contributed by atoms with Crippen molar-refractivity contribution >= 4 is 40.2 Å². The van der Waals surface area contributed by atoms with Crippen LogP contribution >= 0.6 is 22.6 Å². The van der Waals surface area contributed by atoms with E-state index in [2.05, 4.69) is 0 Å². The highest BCUT2D eigenvalue weighted by Gasteiger charge is 2.39. The second-order valence-electron chi connectivity index (χ2n) is 5.09. The zero-order chi connectivity index (χ0) is 17.2. The normalized spacial score (nSPS) is 18.4. The van der Waals surface area contributed by atoms with Crippen LogP contribution in [0, 0.1) is 0 Å². The molecule has 1 aliphatic heterocycles. The van der Waals surface area contributed by atoms with Crippen LogP contribution in [0.1, 0.15) is 30.9 Å². The van der Waals surface area contributed by atoms with Crippen LogP contribution in [0.3, 0.4) is 0 Å². The van der Waals surface area contributed by atoms with E-state index in [0.29, 0.717) is 9.99 Å². The average molecular weight is 441 g/mol. The van der Waals surface area contributed by atoms with E-state index >= 15 is 0 Å². The molecule has 1 fully saturated rings. The first-order valence-corrected chi connectivity index (χ1v) is 8.56. The minimum Gasteiger partial charge on any atom is -0.464 e. The lowest BCUT2D eigenvalue weighted by atomic mass is 10.1. The lowest BCUT2D eigenvalue weighted by Gasteiger charge is -2.24. The van der Waals surface area contributed by atoms with Gasteiger partial charge >= 0.3 is 12.1 Å². The SMILES string of the molecule is CCOC(=O)[C@H]1CCC(=O)N1c1cc(CI)cc(C(F)(F)F)c1. The van der Waals surface area contributed by atoms with Crippen LogP contribution in [0.5, 0.6) is 0 Å². The minimum atomic E-state index is -4.52. The van der Waals surface area contributed by atoms with Gasteiger partial charge in [0.25, 0.3) is 0 Å². The van der Waals surface area contributed by atoms with Gasteiger partial charge in [0.1, 0.15) is 6.04 Å². The van der Waals surface area contributed by atoms with Crippen LogP contribution in [0.2, 0.25) is 0 Å². The first kappa shape index (κ1) is 18.0. The van der Waals surface area contributed by atoms with Gasteiger partial charge in [0, 0.05) is 16.5 Å². The van der Waals surface area contributed by atoms with Crippen molar-refractivity contribution in [3.05, 3.63) is 29.3 Å². The van der Waals surface area contributed by atoms with Gasteiger partial charge in [-0.2, -0.15) is 13.2 Å². The van der Waals surface area contributed by atoms with Crippen molar-refractivity contribution in [2.45, 2.75) is 36.4 Å². The van der Waals surface area contributed by atoms with Gasteiger partial charge in [0.15, 0.2) is 0 Å². The van der Waals surface area contributed by atoms with Gasteiger partial charge in [0.2, 0.25) is 5.91 Å². The molecule has 0 N–H and O–H groups in total. The Morgan fingerprint density at radius 2 is 2.09 bits per heavy atom. The molecule has 1 heterocycles. The number of halogens is 4. The summed E-state index contributed by atoms with van der Waals surface area (Å²) in [6.45, 7) is 1.79. The summed E-state index contributed by atoms with van der Waals surface area (Å²) in [5, 5.41) is 0. The molecule has 23 heavy (non-hydrogen) atoms. The Balaban J connectivity index is 2.45. The molecular weight excluding hydrogens is 426 g/mol. The third-order valence-corrected chi connectivity index (χ3v) is 4.39. The molecule has 0 bridgehead atoms. The third-order valence-electron chi connectivity index (χ3n) is 3.51. The second kappa shape index (κ2) is 7.06. The van der Waals surface area contributed by atoms with Crippen molar-refractivity contribution in [2.24, 2.45) is 0 Å². The van der Waals surface area contributed by atoms with Crippen molar-refractivity contribution in [1.29, 1.82) is 0 Å². The smallest absolute Gasteiger partial charge is 0.416 e. The highest BCUT2D eigenvalue weighted by Crippen LogP contribution is 2.36. The predicted molar refractivity (Wildman–Crippen MR) is 86.3 cm³/mol. The van der Waals surface area contributed by atoms with Crippen LogP contribution < -0.4 is 4.90 Å². The van der Waals surface area contributed by atoms with E-state index in [0.717, 1.165) is 17.0 Å². The number of nitrogens with zero attached hydrogens (tertiary/aromatic N) is 1. The van der Waals surface area contributed by atoms with Gasteiger partial charge in [-0.25, -0.2) is 4.79 Å². The lowest BCUT2D eigenvalue weighted by molar-refractivity contribution is -0.144. The van der Waals surface area contributed by atoms with E-state index in [1.807, 2.05) is 22.6 Å². The Bertz CT molecular complexity index is 618.